The molecule has 1 aliphatic rings. The molecule has 3 rings (SSSR count). The molecule has 3 heteroatoms. The van der Waals surface area contributed by atoms with Crippen LogP contribution in [-0.2, 0) is 11.2 Å². The molecule has 1 saturated carbocycles. The van der Waals surface area contributed by atoms with E-state index in [1.54, 1.807) is 6.20 Å². The van der Waals surface area contributed by atoms with Crippen LogP contribution in [0.3, 0.4) is 0 Å². The first-order chi connectivity index (χ1) is 11.7. The van der Waals surface area contributed by atoms with Gasteiger partial charge < -0.3 is 5.32 Å². The van der Waals surface area contributed by atoms with Crippen molar-refractivity contribution < 1.29 is 4.79 Å². The summed E-state index contributed by atoms with van der Waals surface area (Å²) in [6.07, 6.45) is 10.5. The zero-order valence-electron chi connectivity index (χ0n) is 14.4. The van der Waals surface area contributed by atoms with Crippen molar-refractivity contribution in [2.45, 2.75) is 51.5 Å². The van der Waals surface area contributed by atoms with Crippen molar-refractivity contribution in [2.24, 2.45) is 5.92 Å². The molecule has 1 N–H and O–H groups in total. The Labute approximate surface area is 144 Å². The summed E-state index contributed by atoms with van der Waals surface area (Å²) in [5.74, 6) is 0.776. The maximum absolute atomic E-state index is 12.3. The number of nitrogens with zero attached hydrogens (tertiary/aromatic N) is 1. The smallest absolute Gasteiger partial charge is 0.224 e. The Morgan fingerprint density at radius 1 is 1.12 bits per heavy atom. The number of hydrogen-bond donors (Lipinski definition) is 1. The molecule has 0 saturated heterocycles. The molecule has 0 unspecified atom stereocenters. The third-order valence-electron chi connectivity index (χ3n) is 5.06. The summed E-state index contributed by atoms with van der Waals surface area (Å²) in [6, 6.07) is 12.5. The van der Waals surface area contributed by atoms with Crippen LogP contribution in [0.2, 0.25) is 0 Å². The van der Waals surface area contributed by atoms with Gasteiger partial charge in [-0.05, 0) is 48.4 Å². The van der Waals surface area contributed by atoms with Crippen molar-refractivity contribution >= 4 is 5.91 Å². The highest BCUT2D eigenvalue weighted by Crippen LogP contribution is 2.26. The molecular weight excluding hydrogens is 296 g/mol. The molecule has 24 heavy (non-hydrogen) atoms. The fourth-order valence-corrected chi connectivity index (χ4v) is 3.59. The minimum atomic E-state index is 0.127. The highest BCUT2D eigenvalue weighted by Gasteiger charge is 2.21. The lowest BCUT2D eigenvalue weighted by Gasteiger charge is -2.28. The van der Waals surface area contributed by atoms with Crippen LogP contribution in [0.15, 0.2) is 48.8 Å². The van der Waals surface area contributed by atoms with Crippen LogP contribution < -0.4 is 5.32 Å². The van der Waals surface area contributed by atoms with Gasteiger partial charge in [-0.3, -0.25) is 9.78 Å². The van der Waals surface area contributed by atoms with Crippen molar-refractivity contribution in [3.63, 3.8) is 0 Å². The highest BCUT2D eigenvalue weighted by molar-refractivity contribution is 5.79. The van der Waals surface area contributed by atoms with Gasteiger partial charge in [0.2, 0.25) is 5.91 Å². The second-order valence-electron chi connectivity index (χ2n) is 6.87. The van der Waals surface area contributed by atoms with Gasteiger partial charge in [-0.15, -0.1) is 0 Å². The quantitative estimate of drug-likeness (QED) is 0.888. The van der Waals surface area contributed by atoms with E-state index in [0.717, 1.165) is 16.7 Å². The summed E-state index contributed by atoms with van der Waals surface area (Å²) in [6.45, 7) is 2.15. The fourth-order valence-electron chi connectivity index (χ4n) is 3.59. The molecule has 1 amide bonds. The van der Waals surface area contributed by atoms with Gasteiger partial charge in [0, 0.05) is 18.4 Å². The summed E-state index contributed by atoms with van der Waals surface area (Å²) in [7, 11) is 0. The fraction of sp³-hybridized carbons (Fsp3) is 0.429. The van der Waals surface area contributed by atoms with Crippen molar-refractivity contribution in [2.75, 3.05) is 0 Å². The van der Waals surface area contributed by atoms with E-state index in [0.29, 0.717) is 12.3 Å². The lowest BCUT2D eigenvalue weighted by Crippen LogP contribution is -2.39. The molecule has 1 aliphatic carbocycles. The Balaban J connectivity index is 1.54. The van der Waals surface area contributed by atoms with Gasteiger partial charge in [0.25, 0.3) is 0 Å². The Hall–Kier alpha value is -2.16. The molecule has 0 radical (unpaired) electrons. The van der Waals surface area contributed by atoms with Gasteiger partial charge in [0.15, 0.2) is 0 Å². The number of benzene rings is 1. The lowest BCUT2D eigenvalue weighted by atomic mass is 9.84. The van der Waals surface area contributed by atoms with E-state index < -0.39 is 0 Å². The highest BCUT2D eigenvalue weighted by atomic mass is 16.1. The van der Waals surface area contributed by atoms with Crippen LogP contribution in [0, 0.1) is 5.92 Å². The standard InChI is InChI=1S/C21H26N2O/c1-16(18-6-3-2-4-7-18)23-21(24)14-17-9-11-19(12-10-17)20-8-5-13-22-15-20/h5,8-13,15-16,18H,2-4,6-7,14H2,1H3,(H,23,24)/t16-/m0/s1. The van der Waals surface area contributed by atoms with Crippen molar-refractivity contribution in [1.29, 1.82) is 0 Å². The molecule has 1 atom stereocenters. The van der Waals surface area contributed by atoms with Gasteiger partial charge in [-0.25, -0.2) is 0 Å². The Bertz CT molecular complexity index is 645. The predicted octanol–water partition coefficient (Wildman–Crippen LogP) is 4.38. The minimum absolute atomic E-state index is 0.127. The Morgan fingerprint density at radius 3 is 2.54 bits per heavy atom. The molecule has 1 fully saturated rings. The van der Waals surface area contributed by atoms with Crippen LogP contribution in [0.4, 0.5) is 0 Å². The molecule has 2 aromatic rings. The van der Waals surface area contributed by atoms with E-state index >= 15 is 0 Å². The monoisotopic (exact) mass is 322 g/mol. The van der Waals surface area contributed by atoms with E-state index in [-0.39, 0.29) is 11.9 Å². The van der Waals surface area contributed by atoms with Gasteiger partial charge in [0.1, 0.15) is 0 Å². The normalized spacial score (nSPS) is 16.5. The molecule has 0 spiro atoms. The number of amides is 1. The second kappa shape index (κ2) is 8.09. The first-order valence-electron chi connectivity index (χ1n) is 9.01. The number of rotatable bonds is 5. The third kappa shape index (κ3) is 4.44. The van der Waals surface area contributed by atoms with Crippen LogP contribution >= 0.6 is 0 Å². The minimum Gasteiger partial charge on any atom is -0.353 e. The van der Waals surface area contributed by atoms with Crippen LogP contribution in [0.25, 0.3) is 11.1 Å². The molecule has 1 aromatic carbocycles. The van der Waals surface area contributed by atoms with E-state index in [9.17, 15) is 4.79 Å². The number of aromatic nitrogens is 1. The van der Waals surface area contributed by atoms with Gasteiger partial charge >= 0.3 is 0 Å². The largest absolute Gasteiger partial charge is 0.353 e. The topological polar surface area (TPSA) is 42.0 Å². The summed E-state index contributed by atoms with van der Waals surface area (Å²) >= 11 is 0. The van der Waals surface area contributed by atoms with E-state index in [1.807, 2.05) is 30.5 Å². The first-order valence-corrected chi connectivity index (χ1v) is 9.01. The first kappa shape index (κ1) is 16.7. The van der Waals surface area contributed by atoms with Crippen molar-refractivity contribution in [3.8, 4) is 11.1 Å². The van der Waals surface area contributed by atoms with E-state index in [4.69, 9.17) is 0 Å². The Kier molecular flexibility index (Phi) is 5.63. The van der Waals surface area contributed by atoms with Crippen LogP contribution in [-0.4, -0.2) is 16.9 Å². The summed E-state index contributed by atoms with van der Waals surface area (Å²) < 4.78 is 0. The summed E-state index contributed by atoms with van der Waals surface area (Å²) in [5.41, 5.74) is 3.28. The maximum atomic E-state index is 12.3. The van der Waals surface area contributed by atoms with Gasteiger partial charge in [-0.1, -0.05) is 49.6 Å². The Morgan fingerprint density at radius 2 is 1.88 bits per heavy atom. The number of carbonyl (C=O) groups is 1. The lowest BCUT2D eigenvalue weighted by molar-refractivity contribution is -0.121. The number of carbonyl (C=O) groups excluding carboxylic acids is 1. The van der Waals surface area contributed by atoms with Crippen molar-refractivity contribution in [3.05, 3.63) is 54.4 Å². The molecule has 126 valence electrons. The van der Waals surface area contributed by atoms with Gasteiger partial charge in [-0.2, -0.15) is 0 Å². The second-order valence-corrected chi connectivity index (χ2v) is 6.87. The molecule has 1 heterocycles. The van der Waals surface area contributed by atoms with E-state index in [1.165, 1.54) is 32.1 Å². The predicted molar refractivity (Wildman–Crippen MR) is 97.6 cm³/mol. The maximum Gasteiger partial charge on any atom is 0.224 e. The zero-order valence-corrected chi connectivity index (χ0v) is 14.4. The summed E-state index contributed by atoms with van der Waals surface area (Å²) in [5, 5.41) is 3.20. The SMILES string of the molecule is C[C@H](NC(=O)Cc1ccc(-c2cccnc2)cc1)C1CCCCC1. The van der Waals surface area contributed by atoms with Crippen molar-refractivity contribution in [1.82, 2.24) is 10.3 Å². The molecule has 1 aromatic heterocycles. The number of nitrogens with one attached hydrogen (secondary N) is 1. The molecular formula is C21H26N2O. The molecule has 0 bridgehead atoms. The van der Waals surface area contributed by atoms with Gasteiger partial charge in [0.05, 0.1) is 6.42 Å². The third-order valence-corrected chi connectivity index (χ3v) is 5.06. The zero-order chi connectivity index (χ0) is 16.8. The number of hydrogen-bond acceptors (Lipinski definition) is 2. The van der Waals surface area contributed by atoms with Crippen LogP contribution in [0.5, 0.6) is 0 Å². The number of pyridine rings is 1. The average Bonchev–Trinajstić information content (AvgIpc) is 2.64. The van der Waals surface area contributed by atoms with Crippen LogP contribution in [0.1, 0.15) is 44.6 Å². The molecule has 0 aliphatic heterocycles. The molecule has 3 nitrogen and oxygen atoms in total. The average molecular weight is 322 g/mol. The van der Waals surface area contributed by atoms with E-state index in [2.05, 4.69) is 29.4 Å². The summed E-state index contributed by atoms with van der Waals surface area (Å²) in [4.78, 5) is 16.4.